The molecule has 2 N–H and O–H groups in total. The summed E-state index contributed by atoms with van der Waals surface area (Å²) in [6.07, 6.45) is 4.59. The van der Waals surface area contributed by atoms with Gasteiger partial charge in [-0.05, 0) is 0 Å². The van der Waals surface area contributed by atoms with Crippen LogP contribution in [0.15, 0.2) is 35.1 Å². The maximum Gasteiger partial charge on any atom is 0.510 e. The summed E-state index contributed by atoms with van der Waals surface area (Å²) in [7, 11) is -9.21. The summed E-state index contributed by atoms with van der Waals surface area (Å²) in [4.78, 5) is 13.7. The van der Waals surface area contributed by atoms with E-state index in [-0.39, 0.29) is 0 Å². The second-order valence-corrected chi connectivity index (χ2v) is 6.98. The van der Waals surface area contributed by atoms with Gasteiger partial charge in [-0.3, -0.25) is 0 Å². The standard InChI is InChI=1S/C7H6N6O4S2/c8-13-7(18(14,15)5-9-1-2-10-5)19(16,17)6-11-3-4-12-6/h1-4H,(H,9,10)(H,11,12). The molecule has 19 heavy (non-hydrogen) atoms. The fourth-order valence-corrected chi connectivity index (χ4v) is 4.23. The van der Waals surface area contributed by atoms with E-state index in [1.165, 1.54) is 12.4 Å². The van der Waals surface area contributed by atoms with Crippen LogP contribution in [-0.4, -0.2) is 45.9 Å². The molecule has 0 radical (unpaired) electrons. The molecule has 100 valence electrons. The fourth-order valence-electron chi connectivity index (χ4n) is 1.21. The molecule has 12 heteroatoms. The van der Waals surface area contributed by atoms with Gasteiger partial charge in [0, 0.05) is 24.8 Å². The molecule has 0 aliphatic rings. The molecule has 0 aliphatic heterocycles. The Balaban J connectivity index is 2.65. The first-order valence-corrected chi connectivity index (χ1v) is 7.58. The summed E-state index contributed by atoms with van der Waals surface area (Å²) in [6.45, 7) is 0. The summed E-state index contributed by atoms with van der Waals surface area (Å²) in [6, 6.07) is 0. The predicted molar refractivity (Wildman–Crippen MR) is 60.2 cm³/mol. The molecule has 0 saturated heterocycles. The molecule has 0 unspecified atom stereocenters. The number of nitrogens with one attached hydrogen (secondary N) is 2. The maximum atomic E-state index is 12.0. The topological polar surface area (TPSA) is 162 Å². The Bertz CT molecular complexity index is 761. The lowest BCUT2D eigenvalue weighted by atomic mass is 11.0. The molecule has 0 amide bonds. The molecule has 0 atom stereocenters. The summed E-state index contributed by atoms with van der Waals surface area (Å²) < 4.78 is 46.4. The predicted octanol–water partition coefficient (Wildman–Crippen LogP) is -1.03. The average Bonchev–Trinajstić information content (AvgIpc) is 3.03. The van der Waals surface area contributed by atoms with Gasteiger partial charge in [0.25, 0.3) is 0 Å². The molecule has 0 fully saturated rings. The van der Waals surface area contributed by atoms with Crippen molar-refractivity contribution in [2.75, 3.05) is 0 Å². The molecule has 2 aromatic rings. The first-order chi connectivity index (χ1) is 8.90. The Morgan fingerprint density at radius 1 is 1.00 bits per heavy atom. The zero-order chi connectivity index (χ0) is 14.1. The van der Waals surface area contributed by atoms with Gasteiger partial charge < -0.3 is 15.5 Å². The minimum atomic E-state index is -4.61. The van der Waals surface area contributed by atoms with Crippen molar-refractivity contribution in [1.82, 2.24) is 19.9 Å². The number of aromatic nitrogens is 4. The third kappa shape index (κ3) is 2.07. The van der Waals surface area contributed by atoms with E-state index in [4.69, 9.17) is 5.53 Å². The monoisotopic (exact) mass is 302 g/mol. The van der Waals surface area contributed by atoms with Crippen LogP contribution in [0.25, 0.3) is 5.53 Å². The minimum absolute atomic E-state index is 0.657. The van der Waals surface area contributed by atoms with Gasteiger partial charge in [0.1, 0.15) is 0 Å². The van der Waals surface area contributed by atoms with Crippen molar-refractivity contribution in [2.45, 2.75) is 10.3 Å². The van der Waals surface area contributed by atoms with Gasteiger partial charge in [0.15, 0.2) is 0 Å². The van der Waals surface area contributed by atoms with E-state index in [9.17, 15) is 16.8 Å². The highest BCUT2D eigenvalue weighted by atomic mass is 32.3. The van der Waals surface area contributed by atoms with Gasteiger partial charge in [-0.2, -0.15) is 0 Å². The van der Waals surface area contributed by atoms with E-state index in [0.29, 0.717) is 0 Å². The van der Waals surface area contributed by atoms with Crippen LogP contribution >= 0.6 is 0 Å². The van der Waals surface area contributed by atoms with Crippen LogP contribution in [-0.2, 0) is 19.7 Å². The van der Waals surface area contributed by atoms with Gasteiger partial charge in [-0.15, -0.1) is 4.79 Å². The van der Waals surface area contributed by atoms with E-state index in [2.05, 4.69) is 24.7 Å². The van der Waals surface area contributed by atoms with E-state index >= 15 is 0 Å². The van der Waals surface area contributed by atoms with Crippen molar-refractivity contribution in [1.29, 1.82) is 0 Å². The molecule has 0 aliphatic carbocycles. The molecule has 2 heterocycles. The van der Waals surface area contributed by atoms with Gasteiger partial charge >= 0.3 is 24.1 Å². The number of nitrogens with zero attached hydrogens (tertiary/aromatic N) is 4. The number of sulfone groups is 2. The van der Waals surface area contributed by atoms with E-state index < -0.39 is 34.4 Å². The summed E-state index contributed by atoms with van der Waals surface area (Å²) in [5.74, 6) is 0. The minimum Gasteiger partial charge on any atom is -0.359 e. The van der Waals surface area contributed by atoms with E-state index in [1.807, 2.05) is 0 Å². The normalized spacial score (nSPS) is 12.0. The van der Waals surface area contributed by atoms with Crippen LogP contribution in [0.3, 0.4) is 0 Å². The maximum absolute atomic E-state index is 12.0. The van der Waals surface area contributed by atoms with Gasteiger partial charge in [-0.25, -0.2) is 26.8 Å². The number of hydrogen-bond acceptors (Lipinski definition) is 6. The Kier molecular flexibility index (Phi) is 3.06. The smallest absolute Gasteiger partial charge is 0.359 e. The van der Waals surface area contributed by atoms with Crippen molar-refractivity contribution < 1.29 is 21.6 Å². The first-order valence-electron chi connectivity index (χ1n) is 4.61. The molecule has 10 nitrogen and oxygen atoms in total. The fraction of sp³-hybridized carbons (Fsp3) is 0. The molecule has 0 bridgehead atoms. The van der Waals surface area contributed by atoms with Crippen molar-refractivity contribution in [3.8, 4) is 0 Å². The van der Waals surface area contributed by atoms with Crippen LogP contribution in [0, 0.1) is 0 Å². The third-order valence-corrected chi connectivity index (χ3v) is 5.86. The highest BCUT2D eigenvalue weighted by Gasteiger charge is 2.47. The molecule has 0 aromatic carbocycles. The zero-order valence-corrected chi connectivity index (χ0v) is 10.7. The van der Waals surface area contributed by atoms with Crippen molar-refractivity contribution in [3.05, 3.63) is 30.3 Å². The molecular formula is C7H6N6O4S2. The Hall–Kier alpha value is -2.30. The summed E-state index contributed by atoms with van der Waals surface area (Å²) >= 11 is 0. The van der Waals surface area contributed by atoms with Crippen molar-refractivity contribution in [2.24, 2.45) is 0 Å². The lowest BCUT2D eigenvalue weighted by Gasteiger charge is -1.96. The number of rotatable bonds is 2. The summed E-state index contributed by atoms with van der Waals surface area (Å²) in [5.41, 5.74) is 8.74. The van der Waals surface area contributed by atoms with Crippen LogP contribution in [0.1, 0.15) is 0 Å². The molecule has 2 rings (SSSR count). The Labute approximate surface area is 107 Å². The molecule has 2 aromatic heterocycles. The number of imidazole rings is 2. The lowest BCUT2D eigenvalue weighted by Crippen LogP contribution is -2.27. The van der Waals surface area contributed by atoms with Gasteiger partial charge in [-0.1, -0.05) is 0 Å². The lowest BCUT2D eigenvalue weighted by molar-refractivity contribution is 0.00374. The van der Waals surface area contributed by atoms with Crippen molar-refractivity contribution >= 4 is 24.1 Å². The van der Waals surface area contributed by atoms with Crippen molar-refractivity contribution in [3.63, 3.8) is 0 Å². The largest absolute Gasteiger partial charge is 0.510 e. The van der Waals surface area contributed by atoms with Gasteiger partial charge in [0.2, 0.25) is 10.3 Å². The van der Waals surface area contributed by atoms with E-state index in [1.54, 1.807) is 0 Å². The Morgan fingerprint density at radius 2 is 1.42 bits per heavy atom. The molecule has 0 spiro atoms. The zero-order valence-electron chi connectivity index (χ0n) is 9.05. The highest BCUT2D eigenvalue weighted by Crippen LogP contribution is 2.14. The van der Waals surface area contributed by atoms with Crippen LogP contribution in [0.5, 0.6) is 0 Å². The summed E-state index contributed by atoms with van der Waals surface area (Å²) in [5, 5.41) is -1.31. The quantitative estimate of drug-likeness (QED) is 0.311. The highest BCUT2D eigenvalue weighted by molar-refractivity contribution is 8.30. The Morgan fingerprint density at radius 3 is 1.68 bits per heavy atom. The SMILES string of the molecule is [N-]=[N+]=C(S(=O)(=O)c1ncc[nH]1)S(=O)(=O)c1ncc[nH]1. The number of H-pyrrole nitrogens is 2. The second-order valence-electron chi connectivity index (χ2n) is 3.16. The molecule has 0 saturated carbocycles. The first kappa shape index (κ1) is 13.1. The van der Waals surface area contributed by atoms with Crippen LogP contribution < -0.4 is 0 Å². The van der Waals surface area contributed by atoms with E-state index in [0.717, 1.165) is 12.4 Å². The van der Waals surface area contributed by atoms with Crippen LogP contribution in [0.4, 0.5) is 0 Å². The second kappa shape index (κ2) is 4.42. The average molecular weight is 302 g/mol. The number of hydrogen-bond donors (Lipinski definition) is 2. The van der Waals surface area contributed by atoms with Crippen LogP contribution in [0.2, 0.25) is 0 Å². The third-order valence-electron chi connectivity index (χ3n) is 2.00. The van der Waals surface area contributed by atoms with Gasteiger partial charge in [0.05, 0.1) is 0 Å². The molecular weight excluding hydrogens is 296 g/mol. The number of aromatic amines is 2.